The van der Waals surface area contributed by atoms with Gasteiger partial charge in [-0.05, 0) is 30.5 Å². The van der Waals surface area contributed by atoms with Crippen molar-refractivity contribution in [1.82, 2.24) is 4.98 Å². The monoisotopic (exact) mass is 216 g/mol. The number of aromatic amines is 1. The van der Waals surface area contributed by atoms with Crippen LogP contribution in [0, 0.1) is 12.8 Å². The summed E-state index contributed by atoms with van der Waals surface area (Å²) >= 11 is 0. The highest BCUT2D eigenvalue weighted by Gasteiger charge is 2.17. The molecule has 0 bridgehead atoms. The van der Waals surface area contributed by atoms with Crippen molar-refractivity contribution in [3.8, 4) is 0 Å². The average molecular weight is 216 g/mol. The Balaban J connectivity index is 2.57. The topological polar surface area (TPSA) is 41.8 Å². The molecule has 2 nitrogen and oxygen atoms in total. The van der Waals surface area contributed by atoms with E-state index in [0.29, 0.717) is 18.4 Å². The van der Waals surface area contributed by atoms with Gasteiger partial charge in [-0.15, -0.1) is 0 Å². The molecule has 1 aromatic carbocycles. The van der Waals surface area contributed by atoms with Gasteiger partial charge < -0.3 is 10.7 Å². The summed E-state index contributed by atoms with van der Waals surface area (Å²) < 4.78 is 0. The minimum absolute atomic E-state index is 0.440. The van der Waals surface area contributed by atoms with Crippen molar-refractivity contribution in [3.05, 3.63) is 35.5 Å². The quantitative estimate of drug-likeness (QED) is 0.813. The minimum atomic E-state index is 0.440. The summed E-state index contributed by atoms with van der Waals surface area (Å²) in [6, 6.07) is 6.43. The standard InChI is InChI=1S/C14H20N2/c1-9(2)12(7-15)13-8-16-14-10(3)5-4-6-11(13)14/h4-6,8-9,12,16H,7,15H2,1-3H3. The van der Waals surface area contributed by atoms with Gasteiger partial charge >= 0.3 is 0 Å². The van der Waals surface area contributed by atoms with Gasteiger partial charge in [0.25, 0.3) is 0 Å². The Bertz CT molecular complexity index is 482. The highest BCUT2D eigenvalue weighted by Crippen LogP contribution is 2.31. The lowest BCUT2D eigenvalue weighted by molar-refractivity contribution is 0.509. The fourth-order valence-electron chi connectivity index (χ4n) is 2.39. The van der Waals surface area contributed by atoms with Crippen LogP contribution in [-0.4, -0.2) is 11.5 Å². The number of nitrogens with one attached hydrogen (secondary N) is 1. The molecule has 2 rings (SSSR count). The van der Waals surface area contributed by atoms with Gasteiger partial charge in [-0.3, -0.25) is 0 Å². The fraction of sp³-hybridized carbons (Fsp3) is 0.429. The van der Waals surface area contributed by atoms with Crippen molar-refractivity contribution < 1.29 is 0 Å². The van der Waals surface area contributed by atoms with Crippen LogP contribution in [0.5, 0.6) is 0 Å². The van der Waals surface area contributed by atoms with Gasteiger partial charge in [0, 0.05) is 23.0 Å². The molecule has 0 radical (unpaired) electrons. The van der Waals surface area contributed by atoms with Crippen LogP contribution in [0.25, 0.3) is 10.9 Å². The van der Waals surface area contributed by atoms with E-state index in [-0.39, 0.29) is 0 Å². The van der Waals surface area contributed by atoms with Crippen molar-refractivity contribution in [3.63, 3.8) is 0 Å². The van der Waals surface area contributed by atoms with Crippen LogP contribution in [0.15, 0.2) is 24.4 Å². The molecule has 1 atom stereocenters. The molecule has 0 saturated heterocycles. The SMILES string of the molecule is Cc1cccc2c(C(CN)C(C)C)c[nH]c12. The average Bonchev–Trinajstić information content (AvgIpc) is 2.64. The Kier molecular flexibility index (Phi) is 3.01. The Labute approximate surface area is 96.9 Å². The molecule has 2 aromatic rings. The van der Waals surface area contributed by atoms with Crippen molar-refractivity contribution in [2.45, 2.75) is 26.7 Å². The number of nitrogens with two attached hydrogens (primary N) is 1. The van der Waals surface area contributed by atoms with Gasteiger partial charge in [-0.1, -0.05) is 32.0 Å². The van der Waals surface area contributed by atoms with Gasteiger partial charge in [0.2, 0.25) is 0 Å². The molecule has 1 aromatic heterocycles. The maximum Gasteiger partial charge on any atom is 0.0486 e. The van der Waals surface area contributed by atoms with Crippen LogP contribution in [-0.2, 0) is 0 Å². The van der Waals surface area contributed by atoms with Crippen LogP contribution in [0.2, 0.25) is 0 Å². The lowest BCUT2D eigenvalue weighted by Crippen LogP contribution is -2.17. The van der Waals surface area contributed by atoms with Gasteiger partial charge in [-0.2, -0.15) is 0 Å². The summed E-state index contributed by atoms with van der Waals surface area (Å²) in [6.45, 7) is 7.30. The summed E-state index contributed by atoms with van der Waals surface area (Å²) in [5.74, 6) is 1.01. The van der Waals surface area contributed by atoms with Crippen molar-refractivity contribution >= 4 is 10.9 Å². The first-order chi connectivity index (χ1) is 7.65. The molecule has 1 heterocycles. The second kappa shape index (κ2) is 4.30. The zero-order valence-electron chi connectivity index (χ0n) is 10.2. The van der Waals surface area contributed by atoms with E-state index in [1.54, 1.807) is 0 Å². The molecule has 0 aliphatic carbocycles. The van der Waals surface area contributed by atoms with Crippen LogP contribution in [0.3, 0.4) is 0 Å². The van der Waals surface area contributed by atoms with E-state index >= 15 is 0 Å². The van der Waals surface area contributed by atoms with E-state index in [2.05, 4.69) is 50.2 Å². The zero-order chi connectivity index (χ0) is 11.7. The highest BCUT2D eigenvalue weighted by atomic mass is 14.7. The molecule has 0 amide bonds. The number of aryl methyl sites for hydroxylation is 1. The molecule has 0 saturated carbocycles. The molecule has 3 N–H and O–H groups in total. The predicted molar refractivity (Wildman–Crippen MR) is 69.7 cm³/mol. The first-order valence-corrected chi connectivity index (χ1v) is 5.91. The van der Waals surface area contributed by atoms with E-state index in [1.807, 2.05) is 0 Å². The first kappa shape index (κ1) is 11.2. The second-order valence-electron chi connectivity index (χ2n) is 4.83. The largest absolute Gasteiger partial charge is 0.361 e. The van der Waals surface area contributed by atoms with Gasteiger partial charge in [0.1, 0.15) is 0 Å². The van der Waals surface area contributed by atoms with E-state index in [4.69, 9.17) is 5.73 Å². The van der Waals surface area contributed by atoms with E-state index in [0.717, 1.165) is 0 Å². The van der Waals surface area contributed by atoms with E-state index in [1.165, 1.54) is 22.0 Å². The Hall–Kier alpha value is -1.28. The maximum absolute atomic E-state index is 5.88. The summed E-state index contributed by atoms with van der Waals surface area (Å²) in [4.78, 5) is 3.37. The molecular formula is C14H20N2. The van der Waals surface area contributed by atoms with Crippen molar-refractivity contribution in [2.24, 2.45) is 11.7 Å². The summed E-state index contributed by atoms with van der Waals surface area (Å²) in [6.07, 6.45) is 2.12. The molecular weight excluding hydrogens is 196 g/mol. The fourth-order valence-corrected chi connectivity index (χ4v) is 2.39. The number of aromatic nitrogens is 1. The minimum Gasteiger partial charge on any atom is -0.361 e. The first-order valence-electron chi connectivity index (χ1n) is 5.91. The maximum atomic E-state index is 5.88. The molecule has 2 heteroatoms. The van der Waals surface area contributed by atoms with Crippen LogP contribution >= 0.6 is 0 Å². The van der Waals surface area contributed by atoms with Crippen LogP contribution in [0.4, 0.5) is 0 Å². The number of fused-ring (bicyclic) bond motifs is 1. The number of benzene rings is 1. The van der Waals surface area contributed by atoms with E-state index in [9.17, 15) is 0 Å². The number of H-pyrrole nitrogens is 1. The van der Waals surface area contributed by atoms with E-state index < -0.39 is 0 Å². The van der Waals surface area contributed by atoms with Crippen LogP contribution in [0.1, 0.15) is 30.9 Å². The van der Waals surface area contributed by atoms with Gasteiger partial charge in [0.05, 0.1) is 0 Å². The Morgan fingerprint density at radius 2 is 2.06 bits per heavy atom. The molecule has 1 unspecified atom stereocenters. The normalized spacial score (nSPS) is 13.6. The molecule has 86 valence electrons. The summed E-state index contributed by atoms with van der Waals surface area (Å²) in [5, 5.41) is 1.32. The lowest BCUT2D eigenvalue weighted by atomic mass is 9.88. The smallest absolute Gasteiger partial charge is 0.0486 e. The van der Waals surface area contributed by atoms with Crippen molar-refractivity contribution in [1.29, 1.82) is 0 Å². The zero-order valence-corrected chi connectivity index (χ0v) is 10.2. The Morgan fingerprint density at radius 1 is 1.31 bits per heavy atom. The predicted octanol–water partition coefficient (Wildman–Crippen LogP) is 3.17. The van der Waals surface area contributed by atoms with Gasteiger partial charge in [0.15, 0.2) is 0 Å². The van der Waals surface area contributed by atoms with Crippen molar-refractivity contribution in [2.75, 3.05) is 6.54 Å². The molecule has 0 aliphatic rings. The lowest BCUT2D eigenvalue weighted by Gasteiger charge is -2.18. The summed E-state index contributed by atoms with van der Waals surface area (Å²) in [5.41, 5.74) is 9.78. The number of rotatable bonds is 3. The highest BCUT2D eigenvalue weighted by molar-refractivity contribution is 5.86. The molecule has 0 spiro atoms. The molecule has 0 fully saturated rings. The Morgan fingerprint density at radius 3 is 2.69 bits per heavy atom. The molecule has 16 heavy (non-hydrogen) atoms. The third-order valence-corrected chi connectivity index (χ3v) is 3.41. The molecule has 0 aliphatic heterocycles. The number of para-hydroxylation sites is 1. The number of hydrogen-bond donors (Lipinski definition) is 2. The summed E-state index contributed by atoms with van der Waals surface area (Å²) in [7, 11) is 0. The van der Waals surface area contributed by atoms with Crippen LogP contribution < -0.4 is 5.73 Å². The van der Waals surface area contributed by atoms with Gasteiger partial charge in [-0.25, -0.2) is 0 Å². The second-order valence-corrected chi connectivity index (χ2v) is 4.83. The third-order valence-electron chi connectivity index (χ3n) is 3.41. The third kappa shape index (κ3) is 1.74. The number of hydrogen-bond acceptors (Lipinski definition) is 1.